The monoisotopic (exact) mass is 228 g/mol. The fourth-order valence-corrected chi connectivity index (χ4v) is 1.87. The maximum atomic E-state index is 11.5. The fourth-order valence-electron chi connectivity index (χ4n) is 1.87. The second-order valence-corrected chi connectivity index (χ2v) is 4.09. The summed E-state index contributed by atoms with van der Waals surface area (Å²) in [6.45, 7) is 4.37. The van der Waals surface area contributed by atoms with Crippen molar-refractivity contribution in [1.82, 2.24) is 0 Å². The first-order valence-electron chi connectivity index (χ1n) is 5.89. The third kappa shape index (κ3) is 2.47. The van der Waals surface area contributed by atoms with Crippen LogP contribution in [0.2, 0.25) is 0 Å². The van der Waals surface area contributed by atoms with Crippen molar-refractivity contribution in [3.05, 3.63) is 42.0 Å². The molecule has 2 rings (SSSR count). The largest absolute Gasteiger partial charge is 0.494 e. The smallest absolute Gasteiger partial charge is 0.160 e. The molecule has 0 aromatic heterocycles. The lowest BCUT2D eigenvalue weighted by atomic mass is 10.0. The molecule has 0 aliphatic carbocycles. The SMILES string of the molecule is CCCOc1ccc2cccc(C(C)=O)c2c1. The van der Waals surface area contributed by atoms with Crippen LogP contribution in [0.1, 0.15) is 30.6 Å². The van der Waals surface area contributed by atoms with Crippen molar-refractivity contribution in [2.24, 2.45) is 0 Å². The molecule has 0 bridgehead atoms. The average Bonchev–Trinajstić information content (AvgIpc) is 2.35. The van der Waals surface area contributed by atoms with E-state index in [0.29, 0.717) is 6.61 Å². The van der Waals surface area contributed by atoms with Gasteiger partial charge >= 0.3 is 0 Å². The van der Waals surface area contributed by atoms with Gasteiger partial charge < -0.3 is 4.74 Å². The van der Waals surface area contributed by atoms with Crippen LogP contribution in [0.25, 0.3) is 10.8 Å². The summed E-state index contributed by atoms with van der Waals surface area (Å²) in [5, 5.41) is 2.04. The molecule has 17 heavy (non-hydrogen) atoms. The number of hydrogen-bond acceptors (Lipinski definition) is 2. The van der Waals surface area contributed by atoms with Crippen LogP contribution in [0.4, 0.5) is 0 Å². The van der Waals surface area contributed by atoms with Crippen LogP contribution in [0, 0.1) is 0 Å². The number of carbonyl (C=O) groups is 1. The Kier molecular flexibility index (Phi) is 3.43. The predicted octanol–water partition coefficient (Wildman–Crippen LogP) is 3.83. The van der Waals surface area contributed by atoms with Crippen LogP contribution in [0.5, 0.6) is 5.75 Å². The number of hydrogen-bond donors (Lipinski definition) is 0. The number of ketones is 1. The molecule has 0 N–H and O–H groups in total. The van der Waals surface area contributed by atoms with Crippen molar-refractivity contribution in [2.45, 2.75) is 20.3 Å². The van der Waals surface area contributed by atoms with E-state index in [2.05, 4.69) is 6.92 Å². The van der Waals surface area contributed by atoms with Crippen molar-refractivity contribution in [3.8, 4) is 5.75 Å². The highest BCUT2D eigenvalue weighted by Gasteiger charge is 2.06. The normalized spacial score (nSPS) is 10.5. The standard InChI is InChI=1S/C15H16O2/c1-3-9-17-13-8-7-12-5-4-6-14(11(2)16)15(12)10-13/h4-8,10H,3,9H2,1-2H3. The van der Waals surface area contributed by atoms with Crippen LogP contribution in [-0.4, -0.2) is 12.4 Å². The Bertz CT molecular complexity index is 544. The number of fused-ring (bicyclic) bond motifs is 1. The number of rotatable bonds is 4. The first-order chi connectivity index (χ1) is 8.22. The van der Waals surface area contributed by atoms with E-state index in [4.69, 9.17) is 4.74 Å². The first-order valence-corrected chi connectivity index (χ1v) is 5.89. The second kappa shape index (κ2) is 5.00. The molecule has 0 fully saturated rings. The number of benzene rings is 2. The van der Waals surface area contributed by atoms with Gasteiger partial charge in [-0.1, -0.05) is 31.2 Å². The van der Waals surface area contributed by atoms with Crippen molar-refractivity contribution >= 4 is 16.6 Å². The van der Waals surface area contributed by atoms with Gasteiger partial charge in [-0.15, -0.1) is 0 Å². The second-order valence-electron chi connectivity index (χ2n) is 4.09. The molecule has 2 aromatic rings. The maximum Gasteiger partial charge on any atom is 0.160 e. The van der Waals surface area contributed by atoms with E-state index in [9.17, 15) is 4.79 Å². The summed E-state index contributed by atoms with van der Waals surface area (Å²) in [6, 6.07) is 11.7. The quantitative estimate of drug-likeness (QED) is 0.743. The minimum Gasteiger partial charge on any atom is -0.494 e. The summed E-state index contributed by atoms with van der Waals surface area (Å²) >= 11 is 0. The van der Waals surface area contributed by atoms with Crippen LogP contribution in [0.3, 0.4) is 0 Å². The van der Waals surface area contributed by atoms with Crippen molar-refractivity contribution < 1.29 is 9.53 Å². The van der Waals surface area contributed by atoms with Gasteiger partial charge in [0.1, 0.15) is 5.75 Å². The van der Waals surface area contributed by atoms with E-state index in [-0.39, 0.29) is 5.78 Å². The minimum absolute atomic E-state index is 0.0863. The van der Waals surface area contributed by atoms with Gasteiger partial charge in [0.05, 0.1) is 6.61 Å². The van der Waals surface area contributed by atoms with Crippen LogP contribution >= 0.6 is 0 Å². The molecule has 0 saturated carbocycles. The van der Waals surface area contributed by atoms with Gasteiger partial charge in [-0.25, -0.2) is 0 Å². The van der Waals surface area contributed by atoms with Gasteiger partial charge in [0.2, 0.25) is 0 Å². The van der Waals surface area contributed by atoms with Gasteiger partial charge in [0, 0.05) is 5.56 Å². The van der Waals surface area contributed by atoms with Gasteiger partial charge in [-0.2, -0.15) is 0 Å². The molecule has 0 spiro atoms. The molecule has 2 nitrogen and oxygen atoms in total. The van der Waals surface area contributed by atoms with Crippen molar-refractivity contribution in [2.75, 3.05) is 6.61 Å². The Morgan fingerprint density at radius 2 is 2.06 bits per heavy atom. The van der Waals surface area contributed by atoms with Crippen molar-refractivity contribution in [1.29, 1.82) is 0 Å². The van der Waals surface area contributed by atoms with E-state index in [1.165, 1.54) is 0 Å². The first kappa shape index (κ1) is 11.6. The molecule has 0 aliphatic rings. The Morgan fingerprint density at radius 1 is 1.24 bits per heavy atom. The average molecular weight is 228 g/mol. The van der Waals surface area contributed by atoms with Gasteiger partial charge in [0.15, 0.2) is 5.78 Å². The topological polar surface area (TPSA) is 26.3 Å². The number of ether oxygens (including phenoxy) is 1. The summed E-state index contributed by atoms with van der Waals surface area (Å²) in [7, 11) is 0. The molecule has 0 radical (unpaired) electrons. The Morgan fingerprint density at radius 3 is 2.76 bits per heavy atom. The zero-order valence-electron chi connectivity index (χ0n) is 10.2. The lowest BCUT2D eigenvalue weighted by Gasteiger charge is -2.08. The van der Waals surface area contributed by atoms with E-state index in [0.717, 1.165) is 28.5 Å². The predicted molar refractivity (Wildman–Crippen MR) is 69.7 cm³/mol. The van der Waals surface area contributed by atoms with E-state index in [1.807, 2.05) is 36.4 Å². The Labute approximate surface area is 101 Å². The Balaban J connectivity index is 2.50. The highest BCUT2D eigenvalue weighted by molar-refractivity contribution is 6.07. The van der Waals surface area contributed by atoms with E-state index >= 15 is 0 Å². The fraction of sp³-hybridized carbons (Fsp3) is 0.267. The molecular weight excluding hydrogens is 212 g/mol. The molecule has 0 saturated heterocycles. The van der Waals surface area contributed by atoms with Crippen LogP contribution in [0.15, 0.2) is 36.4 Å². The molecule has 0 amide bonds. The van der Waals surface area contributed by atoms with Crippen molar-refractivity contribution in [3.63, 3.8) is 0 Å². The number of Topliss-reactive ketones (excluding diaryl/α,β-unsaturated/α-hetero) is 1. The summed E-state index contributed by atoms with van der Waals surface area (Å²) in [4.78, 5) is 11.5. The molecule has 2 aromatic carbocycles. The highest BCUT2D eigenvalue weighted by Crippen LogP contribution is 2.24. The van der Waals surface area contributed by atoms with Gasteiger partial charge in [-0.3, -0.25) is 4.79 Å². The third-order valence-electron chi connectivity index (χ3n) is 2.71. The highest BCUT2D eigenvalue weighted by atomic mass is 16.5. The molecule has 2 heteroatoms. The van der Waals surface area contributed by atoms with Gasteiger partial charge in [0.25, 0.3) is 0 Å². The minimum atomic E-state index is 0.0863. The zero-order valence-corrected chi connectivity index (χ0v) is 10.2. The third-order valence-corrected chi connectivity index (χ3v) is 2.71. The maximum absolute atomic E-state index is 11.5. The summed E-state index contributed by atoms with van der Waals surface area (Å²) < 4.78 is 5.59. The van der Waals surface area contributed by atoms with Gasteiger partial charge in [-0.05, 0) is 36.2 Å². The zero-order chi connectivity index (χ0) is 12.3. The molecule has 0 atom stereocenters. The lowest BCUT2D eigenvalue weighted by molar-refractivity contribution is 0.101. The number of carbonyl (C=O) groups excluding carboxylic acids is 1. The molecule has 0 aliphatic heterocycles. The molecular formula is C15H16O2. The summed E-state index contributed by atoms with van der Waals surface area (Å²) in [5.41, 5.74) is 0.754. The van der Waals surface area contributed by atoms with E-state index < -0.39 is 0 Å². The summed E-state index contributed by atoms with van der Waals surface area (Å²) in [6.07, 6.45) is 0.979. The Hall–Kier alpha value is -1.83. The molecule has 0 heterocycles. The summed E-state index contributed by atoms with van der Waals surface area (Å²) in [5.74, 6) is 0.913. The molecule has 88 valence electrons. The van der Waals surface area contributed by atoms with Crippen LogP contribution in [-0.2, 0) is 0 Å². The lowest BCUT2D eigenvalue weighted by Crippen LogP contribution is -1.97. The molecule has 0 unspecified atom stereocenters. The van der Waals surface area contributed by atoms with Crippen LogP contribution < -0.4 is 4.74 Å². The van der Waals surface area contributed by atoms with E-state index in [1.54, 1.807) is 6.92 Å².